The lowest BCUT2D eigenvalue weighted by molar-refractivity contribution is 0.418. The summed E-state index contributed by atoms with van der Waals surface area (Å²) in [6.07, 6.45) is 0. The Bertz CT molecular complexity index is 531. The van der Waals surface area contributed by atoms with E-state index in [-0.39, 0.29) is 5.56 Å². The first-order valence-corrected chi connectivity index (χ1v) is 4.18. The summed E-state index contributed by atoms with van der Waals surface area (Å²) >= 11 is 0. The molecule has 0 atom stereocenters. The number of ether oxygens (including phenoxy) is 1. The van der Waals surface area contributed by atoms with E-state index < -0.39 is 0 Å². The monoisotopic (exact) mass is 190 g/mol. The Morgan fingerprint density at radius 1 is 1.36 bits per heavy atom. The van der Waals surface area contributed by atoms with Gasteiger partial charge in [0.2, 0.25) is 0 Å². The second-order valence-electron chi connectivity index (χ2n) is 2.94. The maximum atomic E-state index is 11.4. The van der Waals surface area contributed by atoms with Crippen LogP contribution in [0.25, 0.3) is 10.9 Å². The predicted molar refractivity (Wildman–Crippen MR) is 54.9 cm³/mol. The van der Waals surface area contributed by atoms with Crippen LogP contribution in [0.4, 0.5) is 0 Å². The number of aromatic nitrogens is 1. The summed E-state index contributed by atoms with van der Waals surface area (Å²) in [5, 5.41) is 0.831. The molecule has 0 fully saturated rings. The maximum absolute atomic E-state index is 11.4. The zero-order chi connectivity index (χ0) is 10.1. The number of benzene rings is 1. The second kappa shape index (κ2) is 3.06. The van der Waals surface area contributed by atoms with Crippen LogP contribution in [-0.2, 0) is 0 Å². The van der Waals surface area contributed by atoms with Crippen LogP contribution in [0.5, 0.6) is 5.75 Å². The lowest BCUT2D eigenvalue weighted by Gasteiger charge is -2.07. The molecule has 0 unspecified atom stereocenters. The molecule has 0 saturated heterocycles. The maximum Gasteiger partial charge on any atom is 0.272 e. The lowest BCUT2D eigenvalue weighted by atomic mass is 10.2. The number of nitrogens with zero attached hydrogens (tertiary/aromatic N) is 1. The fourth-order valence-electron chi connectivity index (χ4n) is 1.44. The van der Waals surface area contributed by atoms with Crippen LogP contribution in [-0.4, -0.2) is 11.8 Å². The van der Waals surface area contributed by atoms with E-state index in [0.717, 1.165) is 10.1 Å². The van der Waals surface area contributed by atoms with Crippen molar-refractivity contribution in [1.82, 2.24) is 4.68 Å². The highest BCUT2D eigenvalue weighted by Gasteiger charge is 2.05. The smallest absolute Gasteiger partial charge is 0.272 e. The summed E-state index contributed by atoms with van der Waals surface area (Å²) in [6, 6.07) is 8.71. The highest BCUT2D eigenvalue weighted by molar-refractivity contribution is 5.85. The average molecular weight is 190 g/mol. The molecule has 0 aliphatic heterocycles. The van der Waals surface area contributed by atoms with Crippen molar-refractivity contribution in [3.63, 3.8) is 0 Å². The van der Waals surface area contributed by atoms with E-state index in [1.54, 1.807) is 6.07 Å². The molecule has 0 amide bonds. The average Bonchev–Trinajstić information content (AvgIpc) is 2.23. The number of para-hydroxylation sites is 1. The molecule has 4 nitrogen and oxygen atoms in total. The summed E-state index contributed by atoms with van der Waals surface area (Å²) in [4.78, 5) is 11.4. The quantitative estimate of drug-likeness (QED) is 0.674. The number of pyridine rings is 1. The van der Waals surface area contributed by atoms with Gasteiger partial charge in [-0.3, -0.25) is 4.79 Å². The Kier molecular flexibility index (Phi) is 1.89. The SMILES string of the molecule is COc1cc(=O)n(N)c2ccccc12. The number of fused-ring (bicyclic) bond motifs is 1. The molecule has 72 valence electrons. The minimum Gasteiger partial charge on any atom is -0.496 e. The molecule has 1 heterocycles. The van der Waals surface area contributed by atoms with Crippen molar-refractivity contribution < 1.29 is 4.74 Å². The number of rotatable bonds is 1. The Morgan fingerprint density at radius 2 is 2.07 bits per heavy atom. The Balaban J connectivity index is 2.97. The van der Waals surface area contributed by atoms with E-state index in [4.69, 9.17) is 10.6 Å². The predicted octanol–water partition coefficient (Wildman–Crippen LogP) is 0.724. The molecule has 0 bridgehead atoms. The van der Waals surface area contributed by atoms with Gasteiger partial charge in [-0.05, 0) is 12.1 Å². The van der Waals surface area contributed by atoms with Crippen LogP contribution in [0, 0.1) is 0 Å². The van der Waals surface area contributed by atoms with Gasteiger partial charge in [0.1, 0.15) is 5.75 Å². The van der Waals surface area contributed by atoms with Crippen LogP contribution in [0.3, 0.4) is 0 Å². The third kappa shape index (κ3) is 1.12. The number of methoxy groups -OCH3 is 1. The van der Waals surface area contributed by atoms with Crippen LogP contribution < -0.4 is 16.1 Å². The number of hydrogen-bond acceptors (Lipinski definition) is 3. The van der Waals surface area contributed by atoms with Crippen LogP contribution in [0.1, 0.15) is 0 Å². The molecule has 4 heteroatoms. The first-order chi connectivity index (χ1) is 6.74. The molecule has 0 aliphatic rings. The third-order valence-electron chi connectivity index (χ3n) is 2.14. The van der Waals surface area contributed by atoms with E-state index in [1.165, 1.54) is 13.2 Å². The van der Waals surface area contributed by atoms with Gasteiger partial charge < -0.3 is 10.6 Å². The first-order valence-electron chi connectivity index (χ1n) is 4.18. The van der Waals surface area contributed by atoms with Gasteiger partial charge in [-0.25, -0.2) is 4.68 Å². The van der Waals surface area contributed by atoms with Gasteiger partial charge in [-0.15, -0.1) is 0 Å². The van der Waals surface area contributed by atoms with E-state index in [9.17, 15) is 4.79 Å². The summed E-state index contributed by atoms with van der Waals surface area (Å²) in [5.74, 6) is 6.14. The minimum atomic E-state index is -0.277. The zero-order valence-corrected chi connectivity index (χ0v) is 7.73. The van der Waals surface area contributed by atoms with Gasteiger partial charge in [0.25, 0.3) is 5.56 Å². The molecule has 0 radical (unpaired) electrons. The van der Waals surface area contributed by atoms with Crippen molar-refractivity contribution >= 4 is 10.9 Å². The molecule has 0 aliphatic carbocycles. The minimum absolute atomic E-state index is 0.277. The molecule has 1 aromatic heterocycles. The standard InChI is InChI=1S/C10H10N2O2/c1-14-9-6-10(13)12(11)8-5-3-2-4-7(8)9/h2-6H,11H2,1H3. The number of hydrogen-bond donors (Lipinski definition) is 1. The van der Waals surface area contributed by atoms with Crippen molar-refractivity contribution in [2.45, 2.75) is 0 Å². The second-order valence-corrected chi connectivity index (χ2v) is 2.94. The largest absolute Gasteiger partial charge is 0.496 e. The number of nitrogen functional groups attached to an aromatic ring is 1. The molecule has 0 spiro atoms. The van der Waals surface area contributed by atoms with Crippen molar-refractivity contribution in [3.05, 3.63) is 40.7 Å². The molecule has 2 aromatic rings. The zero-order valence-electron chi connectivity index (χ0n) is 7.73. The van der Waals surface area contributed by atoms with Crippen molar-refractivity contribution in [3.8, 4) is 5.75 Å². The topological polar surface area (TPSA) is 57.2 Å². The summed E-state index contributed by atoms with van der Waals surface area (Å²) < 4.78 is 6.20. The fraction of sp³-hybridized carbons (Fsp3) is 0.100. The number of nitrogens with two attached hydrogens (primary N) is 1. The summed E-state index contributed by atoms with van der Waals surface area (Å²) in [5.41, 5.74) is 0.386. The van der Waals surface area contributed by atoms with Crippen molar-refractivity contribution in [2.24, 2.45) is 0 Å². The molecule has 1 aromatic carbocycles. The van der Waals surface area contributed by atoms with E-state index >= 15 is 0 Å². The Labute approximate surface area is 80.5 Å². The molecule has 0 saturated carbocycles. The van der Waals surface area contributed by atoms with Gasteiger partial charge in [-0.1, -0.05) is 12.1 Å². The Morgan fingerprint density at radius 3 is 2.79 bits per heavy atom. The molecule has 2 N–H and O–H groups in total. The summed E-state index contributed by atoms with van der Waals surface area (Å²) in [6.45, 7) is 0. The van der Waals surface area contributed by atoms with Crippen LogP contribution in [0.2, 0.25) is 0 Å². The molecular weight excluding hydrogens is 180 g/mol. The fourth-order valence-corrected chi connectivity index (χ4v) is 1.44. The molecule has 2 rings (SSSR count). The van der Waals surface area contributed by atoms with Crippen molar-refractivity contribution in [1.29, 1.82) is 0 Å². The third-order valence-corrected chi connectivity index (χ3v) is 2.14. The van der Waals surface area contributed by atoms with Gasteiger partial charge >= 0.3 is 0 Å². The van der Waals surface area contributed by atoms with E-state index in [1.807, 2.05) is 18.2 Å². The highest BCUT2D eigenvalue weighted by Crippen LogP contribution is 2.21. The molecular formula is C10H10N2O2. The van der Waals surface area contributed by atoms with Crippen molar-refractivity contribution in [2.75, 3.05) is 13.0 Å². The Hall–Kier alpha value is -1.97. The van der Waals surface area contributed by atoms with Crippen LogP contribution in [0.15, 0.2) is 35.1 Å². The van der Waals surface area contributed by atoms with E-state index in [2.05, 4.69) is 0 Å². The van der Waals surface area contributed by atoms with Gasteiger partial charge in [0, 0.05) is 11.5 Å². The van der Waals surface area contributed by atoms with Gasteiger partial charge in [-0.2, -0.15) is 0 Å². The van der Waals surface area contributed by atoms with E-state index in [0.29, 0.717) is 11.3 Å². The highest BCUT2D eigenvalue weighted by atomic mass is 16.5. The van der Waals surface area contributed by atoms with Gasteiger partial charge in [0.15, 0.2) is 0 Å². The van der Waals surface area contributed by atoms with Crippen LogP contribution >= 0.6 is 0 Å². The lowest BCUT2D eigenvalue weighted by Crippen LogP contribution is -2.26. The molecule has 14 heavy (non-hydrogen) atoms. The normalized spacial score (nSPS) is 10.4. The summed E-state index contributed by atoms with van der Waals surface area (Å²) in [7, 11) is 1.53. The van der Waals surface area contributed by atoms with Gasteiger partial charge in [0.05, 0.1) is 12.6 Å². The first kappa shape index (κ1) is 8.62.